The van der Waals surface area contributed by atoms with Crippen LogP contribution >= 0.6 is 35.4 Å². The van der Waals surface area contributed by atoms with E-state index in [0.29, 0.717) is 45.9 Å². The number of carbonyl (C=O) groups is 1. The summed E-state index contributed by atoms with van der Waals surface area (Å²) in [5.74, 6) is -1.25. The zero-order valence-corrected chi connectivity index (χ0v) is 26.8. The minimum absolute atomic E-state index is 0.00426. The van der Waals surface area contributed by atoms with Gasteiger partial charge in [-0.2, -0.15) is 5.26 Å². The molecule has 7 nitrogen and oxygen atoms in total. The van der Waals surface area contributed by atoms with Crippen LogP contribution in [0.4, 0.5) is 10.1 Å². The fourth-order valence-corrected chi connectivity index (χ4v) is 5.31. The molecule has 0 aliphatic rings. The lowest BCUT2D eigenvalue weighted by molar-refractivity contribution is -0.131. The summed E-state index contributed by atoms with van der Waals surface area (Å²) < 4.78 is 16.5. The van der Waals surface area contributed by atoms with E-state index in [0.717, 1.165) is 18.4 Å². The van der Waals surface area contributed by atoms with Gasteiger partial charge >= 0.3 is 0 Å². The Morgan fingerprint density at radius 3 is 2.59 bits per heavy atom. The Morgan fingerprint density at radius 1 is 1.14 bits per heavy atom. The number of imidazole rings is 1. The number of aromatic nitrogens is 2. The van der Waals surface area contributed by atoms with Gasteiger partial charge < -0.3 is 9.88 Å². The summed E-state index contributed by atoms with van der Waals surface area (Å²) in [5, 5.41) is 14.1. The summed E-state index contributed by atoms with van der Waals surface area (Å²) in [6.45, 7) is 5.12. The number of carbonyl (C=O) groups excluding carboxylic acids is 1. The fourth-order valence-electron chi connectivity index (χ4n) is 4.65. The van der Waals surface area contributed by atoms with Gasteiger partial charge in [-0.15, -0.1) is 0 Å². The quantitative estimate of drug-likeness (QED) is 0.120. The van der Waals surface area contributed by atoms with Crippen molar-refractivity contribution in [3.8, 4) is 6.07 Å². The number of thiocarbonyl (C=S) groups is 1. The highest BCUT2D eigenvalue weighted by atomic mass is 35.5. The van der Waals surface area contributed by atoms with E-state index in [4.69, 9.17) is 35.4 Å². The second-order valence-corrected chi connectivity index (χ2v) is 11.7. The van der Waals surface area contributed by atoms with Gasteiger partial charge in [0.25, 0.3) is 5.91 Å². The summed E-state index contributed by atoms with van der Waals surface area (Å²) in [4.78, 5) is 19.0. The Balaban J connectivity index is 1.72. The molecular weight excluding hydrogens is 618 g/mol. The molecule has 1 heterocycles. The van der Waals surface area contributed by atoms with Gasteiger partial charge in [0.15, 0.2) is 5.11 Å². The van der Waals surface area contributed by atoms with Crippen molar-refractivity contribution in [2.45, 2.75) is 45.6 Å². The maximum Gasteiger partial charge on any atom is 0.252 e. The first-order valence-electron chi connectivity index (χ1n) is 14.3. The lowest BCUT2D eigenvalue weighted by Crippen LogP contribution is -2.51. The van der Waals surface area contributed by atoms with Crippen molar-refractivity contribution in [2.24, 2.45) is 5.92 Å². The third-order valence-electron chi connectivity index (χ3n) is 7.43. The van der Waals surface area contributed by atoms with Gasteiger partial charge in [0.2, 0.25) is 0 Å². The highest BCUT2D eigenvalue weighted by Crippen LogP contribution is 2.32. The van der Waals surface area contributed by atoms with Crippen LogP contribution in [-0.4, -0.2) is 32.1 Å². The summed E-state index contributed by atoms with van der Waals surface area (Å²) in [5.41, 5.74) is 6.13. The SMILES string of the molecule is CC[C@H](C)CCNN(C(=O)C(Cc1cccc(Cl)c1Cl)c1cncn1Cc1ccc(C#N)cc1)C(=S)Nc1ccccc1F. The minimum atomic E-state index is -0.802. The summed E-state index contributed by atoms with van der Waals surface area (Å²) >= 11 is 18.6. The first kappa shape index (κ1) is 33.1. The Morgan fingerprint density at radius 2 is 1.89 bits per heavy atom. The lowest BCUT2D eigenvalue weighted by Gasteiger charge is -2.30. The van der Waals surface area contributed by atoms with Crippen LogP contribution in [0.3, 0.4) is 0 Å². The van der Waals surface area contributed by atoms with Gasteiger partial charge in [0.1, 0.15) is 5.82 Å². The number of halogens is 3. The molecule has 0 saturated carbocycles. The number of amides is 1. The second-order valence-electron chi connectivity index (χ2n) is 10.5. The first-order chi connectivity index (χ1) is 21.2. The van der Waals surface area contributed by atoms with E-state index >= 15 is 0 Å². The topological polar surface area (TPSA) is 86.0 Å². The van der Waals surface area contributed by atoms with Crippen LogP contribution in [0.5, 0.6) is 0 Å². The molecule has 1 unspecified atom stereocenters. The van der Waals surface area contributed by atoms with E-state index in [-0.39, 0.29) is 23.1 Å². The average Bonchev–Trinajstić information content (AvgIpc) is 3.48. The Labute approximate surface area is 272 Å². The second kappa shape index (κ2) is 15.8. The standard InChI is InChI=1S/C33H33Cl2FN6OS/c1-3-22(2)15-16-39-42(33(44)40-29-10-5-4-9-28(29)36)32(43)26(17-25-7-6-8-27(34)31(25)35)30-19-38-21-41(30)20-24-13-11-23(18-37)12-14-24/h4-14,19,21-22,26,39H,3,15-17,20H2,1-2H3,(H,40,44)/t22-,26?/m0/s1. The molecule has 4 aromatic rings. The summed E-state index contributed by atoms with van der Waals surface area (Å²) in [6.07, 6.45) is 5.28. The number of nitriles is 1. The molecule has 1 amide bonds. The van der Waals surface area contributed by atoms with Crippen molar-refractivity contribution in [2.75, 3.05) is 11.9 Å². The highest BCUT2D eigenvalue weighted by molar-refractivity contribution is 7.80. The number of rotatable bonds is 12. The van der Waals surface area contributed by atoms with Crippen LogP contribution < -0.4 is 10.7 Å². The third-order valence-corrected chi connectivity index (χ3v) is 8.58. The van der Waals surface area contributed by atoms with Crippen LogP contribution in [0, 0.1) is 23.1 Å². The molecule has 0 spiro atoms. The first-order valence-corrected chi connectivity index (χ1v) is 15.4. The van der Waals surface area contributed by atoms with Gasteiger partial charge in [0, 0.05) is 19.3 Å². The molecule has 44 heavy (non-hydrogen) atoms. The van der Waals surface area contributed by atoms with Gasteiger partial charge in [-0.05, 0) is 72.4 Å². The minimum Gasteiger partial charge on any atom is -0.329 e. The van der Waals surface area contributed by atoms with Crippen LogP contribution in [0.2, 0.25) is 10.0 Å². The number of hydrogen-bond donors (Lipinski definition) is 2. The normalized spacial score (nSPS) is 12.3. The van der Waals surface area contributed by atoms with E-state index < -0.39 is 11.7 Å². The fraction of sp³-hybridized carbons (Fsp3) is 0.273. The van der Waals surface area contributed by atoms with E-state index in [1.165, 1.54) is 11.1 Å². The molecule has 4 rings (SSSR count). The molecule has 228 valence electrons. The number of para-hydroxylation sites is 1. The van der Waals surface area contributed by atoms with Crippen LogP contribution in [0.25, 0.3) is 0 Å². The Bertz CT molecular complexity index is 1640. The maximum absolute atomic E-state index is 14.6. The van der Waals surface area contributed by atoms with Crippen molar-refractivity contribution in [1.29, 1.82) is 5.26 Å². The molecule has 2 N–H and O–H groups in total. The zero-order chi connectivity index (χ0) is 31.6. The highest BCUT2D eigenvalue weighted by Gasteiger charge is 2.32. The summed E-state index contributed by atoms with van der Waals surface area (Å²) in [7, 11) is 0. The molecule has 2 atom stereocenters. The zero-order valence-electron chi connectivity index (χ0n) is 24.4. The molecule has 0 aliphatic carbocycles. The maximum atomic E-state index is 14.6. The molecule has 0 radical (unpaired) electrons. The molecule has 1 aromatic heterocycles. The van der Waals surface area contributed by atoms with Crippen LogP contribution in [0.15, 0.2) is 79.3 Å². The number of hydrazine groups is 1. The van der Waals surface area contributed by atoms with Crippen LogP contribution in [0.1, 0.15) is 55.0 Å². The Kier molecular flexibility index (Phi) is 11.9. The molecule has 0 fully saturated rings. The van der Waals surface area contributed by atoms with Crippen molar-refractivity contribution in [3.05, 3.63) is 118 Å². The number of nitrogens with zero attached hydrogens (tertiary/aromatic N) is 4. The molecule has 0 saturated heterocycles. The average molecular weight is 652 g/mol. The third kappa shape index (κ3) is 8.42. The van der Waals surface area contributed by atoms with Gasteiger partial charge in [-0.3, -0.25) is 4.79 Å². The molecule has 11 heteroatoms. The van der Waals surface area contributed by atoms with Crippen molar-refractivity contribution in [1.82, 2.24) is 20.0 Å². The smallest absolute Gasteiger partial charge is 0.252 e. The number of nitrogens with one attached hydrogen (secondary N) is 2. The van der Waals surface area contributed by atoms with Crippen molar-refractivity contribution in [3.63, 3.8) is 0 Å². The van der Waals surface area contributed by atoms with Crippen molar-refractivity contribution < 1.29 is 9.18 Å². The van der Waals surface area contributed by atoms with Gasteiger partial charge in [-0.25, -0.2) is 19.8 Å². The largest absolute Gasteiger partial charge is 0.329 e. The van der Waals surface area contributed by atoms with E-state index in [2.05, 4.69) is 35.6 Å². The van der Waals surface area contributed by atoms with Gasteiger partial charge in [0.05, 0.1) is 45.3 Å². The summed E-state index contributed by atoms with van der Waals surface area (Å²) in [6, 6.07) is 20.8. The predicted molar refractivity (Wildman–Crippen MR) is 177 cm³/mol. The lowest BCUT2D eigenvalue weighted by atomic mass is 9.95. The number of benzene rings is 3. The van der Waals surface area contributed by atoms with E-state index in [9.17, 15) is 14.4 Å². The number of hydrogen-bond acceptors (Lipinski definition) is 5. The van der Waals surface area contributed by atoms with Gasteiger partial charge in [-0.1, -0.05) is 79.9 Å². The molecule has 0 bridgehead atoms. The molecule has 0 aliphatic heterocycles. The molecule has 3 aromatic carbocycles. The Hall–Kier alpha value is -3.81. The van der Waals surface area contributed by atoms with E-state index in [1.807, 2.05) is 22.8 Å². The van der Waals surface area contributed by atoms with Crippen molar-refractivity contribution >= 4 is 52.1 Å². The van der Waals surface area contributed by atoms with E-state index in [1.54, 1.807) is 55.0 Å². The molecular formula is C33H33Cl2FN6OS. The monoisotopic (exact) mass is 650 g/mol. The number of anilines is 1. The predicted octanol–water partition coefficient (Wildman–Crippen LogP) is 7.74. The van der Waals surface area contributed by atoms with Crippen LogP contribution in [-0.2, 0) is 17.8 Å².